The molecule has 152 valence electrons. The molecule has 2 rings (SSSR count). The van der Waals surface area contributed by atoms with Crippen molar-refractivity contribution in [3.05, 3.63) is 42.2 Å². The predicted molar refractivity (Wildman–Crippen MR) is 91.2 cm³/mol. The number of rotatable bonds is 6. The molecule has 0 bridgehead atoms. The van der Waals surface area contributed by atoms with E-state index in [4.69, 9.17) is 4.74 Å². The summed E-state index contributed by atoms with van der Waals surface area (Å²) in [4.78, 5) is 10.2. The number of ether oxygens (including phenoxy) is 2. The number of carbonyl (C=O) groups excluding carboxylic acids is 1. The van der Waals surface area contributed by atoms with Crippen LogP contribution in [0.15, 0.2) is 41.3 Å². The van der Waals surface area contributed by atoms with Gasteiger partial charge in [0.15, 0.2) is 4.90 Å². The number of methoxy groups -OCH3 is 1. The molecular formula is C16H14F4N2O5S. The first kappa shape index (κ1) is 21.3. The second-order valence-corrected chi connectivity index (χ2v) is 6.97. The van der Waals surface area contributed by atoms with E-state index in [9.17, 15) is 30.8 Å². The lowest BCUT2D eigenvalue weighted by molar-refractivity contribution is -0.274. The summed E-state index contributed by atoms with van der Waals surface area (Å²) in [5.74, 6) is -2.84. The maximum atomic E-state index is 14.4. The first-order valence-electron chi connectivity index (χ1n) is 7.45. The van der Waals surface area contributed by atoms with Gasteiger partial charge in [0, 0.05) is 24.7 Å². The molecule has 2 N–H and O–H groups in total. The minimum Gasteiger partial charge on any atom is -0.495 e. The number of carbonyl (C=O) groups is 1. The number of hydrogen-bond acceptors (Lipinski definition) is 5. The SMILES string of the molecule is COc1cc(NC(C)=O)cc(F)c1S(=O)(=O)Nc1cccc(OC(F)(F)F)c1. The van der Waals surface area contributed by atoms with Gasteiger partial charge in [-0.05, 0) is 18.2 Å². The van der Waals surface area contributed by atoms with Gasteiger partial charge in [-0.3, -0.25) is 9.52 Å². The summed E-state index contributed by atoms with van der Waals surface area (Å²) < 4.78 is 87.0. The summed E-state index contributed by atoms with van der Waals surface area (Å²) in [7, 11) is -3.51. The number of anilines is 2. The van der Waals surface area contributed by atoms with E-state index in [1.807, 2.05) is 4.72 Å². The van der Waals surface area contributed by atoms with E-state index in [-0.39, 0.29) is 11.4 Å². The average molecular weight is 422 g/mol. The Morgan fingerprint density at radius 2 is 1.79 bits per heavy atom. The molecule has 0 spiro atoms. The Hall–Kier alpha value is -3.02. The zero-order valence-corrected chi connectivity index (χ0v) is 15.2. The Balaban J connectivity index is 2.40. The molecule has 0 fully saturated rings. The van der Waals surface area contributed by atoms with Gasteiger partial charge in [-0.1, -0.05) is 6.07 Å². The molecule has 0 atom stereocenters. The Labute approximate surface area is 157 Å². The van der Waals surface area contributed by atoms with E-state index in [0.29, 0.717) is 0 Å². The van der Waals surface area contributed by atoms with Gasteiger partial charge in [0.2, 0.25) is 5.91 Å². The number of amides is 1. The molecule has 0 heterocycles. The molecule has 0 aliphatic rings. The first-order valence-corrected chi connectivity index (χ1v) is 8.93. The van der Waals surface area contributed by atoms with E-state index in [1.54, 1.807) is 0 Å². The number of benzene rings is 2. The van der Waals surface area contributed by atoms with Crippen molar-refractivity contribution < 1.29 is 40.2 Å². The topological polar surface area (TPSA) is 93.7 Å². The fraction of sp³-hybridized carbons (Fsp3) is 0.188. The molecule has 0 unspecified atom stereocenters. The summed E-state index contributed by atoms with van der Waals surface area (Å²) in [5, 5.41) is 2.28. The standard InChI is InChI=1S/C16H14F4N2O5S/c1-9(23)21-11-7-13(17)15(14(8-11)26-2)28(24,25)22-10-4-3-5-12(6-10)27-16(18,19)20/h3-8,22H,1-2H3,(H,21,23). The van der Waals surface area contributed by atoms with Crippen LogP contribution in [0.2, 0.25) is 0 Å². The maximum absolute atomic E-state index is 14.4. The summed E-state index contributed by atoms with van der Waals surface area (Å²) >= 11 is 0. The van der Waals surface area contributed by atoms with Gasteiger partial charge < -0.3 is 14.8 Å². The highest BCUT2D eigenvalue weighted by Crippen LogP contribution is 2.33. The monoisotopic (exact) mass is 422 g/mol. The van der Waals surface area contributed by atoms with E-state index in [0.717, 1.165) is 43.5 Å². The second-order valence-electron chi connectivity index (χ2n) is 5.35. The van der Waals surface area contributed by atoms with Crippen LogP contribution in [-0.2, 0) is 14.8 Å². The van der Waals surface area contributed by atoms with E-state index in [2.05, 4.69) is 10.1 Å². The van der Waals surface area contributed by atoms with Crippen LogP contribution >= 0.6 is 0 Å². The van der Waals surface area contributed by atoms with E-state index >= 15 is 0 Å². The molecule has 12 heteroatoms. The van der Waals surface area contributed by atoms with Crippen LogP contribution in [0.25, 0.3) is 0 Å². The highest BCUT2D eigenvalue weighted by atomic mass is 32.2. The zero-order chi connectivity index (χ0) is 21.1. The molecule has 0 saturated carbocycles. The third-order valence-corrected chi connectivity index (χ3v) is 4.58. The lowest BCUT2D eigenvalue weighted by Crippen LogP contribution is -2.18. The predicted octanol–water partition coefficient (Wildman–Crippen LogP) is 3.49. The highest BCUT2D eigenvalue weighted by Gasteiger charge is 2.31. The van der Waals surface area contributed by atoms with Crippen molar-refractivity contribution >= 4 is 27.3 Å². The lowest BCUT2D eigenvalue weighted by Gasteiger charge is -2.15. The zero-order valence-electron chi connectivity index (χ0n) is 14.4. The third-order valence-electron chi connectivity index (χ3n) is 3.14. The molecule has 0 aliphatic heterocycles. The molecule has 2 aromatic rings. The summed E-state index contributed by atoms with van der Waals surface area (Å²) in [6.07, 6.45) is -4.97. The van der Waals surface area contributed by atoms with E-state index in [1.165, 1.54) is 6.92 Å². The van der Waals surface area contributed by atoms with Crippen LogP contribution in [-0.4, -0.2) is 27.8 Å². The molecule has 7 nitrogen and oxygen atoms in total. The third kappa shape index (κ3) is 5.49. The Kier molecular flexibility index (Phi) is 6.02. The van der Waals surface area contributed by atoms with Gasteiger partial charge in [-0.15, -0.1) is 13.2 Å². The van der Waals surface area contributed by atoms with Crippen LogP contribution in [0.5, 0.6) is 11.5 Å². The van der Waals surface area contributed by atoms with Crippen molar-refractivity contribution in [2.24, 2.45) is 0 Å². The number of nitrogens with one attached hydrogen (secondary N) is 2. The minimum atomic E-state index is -4.97. The van der Waals surface area contributed by atoms with Crippen molar-refractivity contribution in [3.8, 4) is 11.5 Å². The molecule has 0 aromatic heterocycles. The van der Waals surface area contributed by atoms with Crippen LogP contribution in [0, 0.1) is 5.82 Å². The van der Waals surface area contributed by atoms with Crippen LogP contribution < -0.4 is 19.5 Å². The van der Waals surface area contributed by atoms with Gasteiger partial charge in [0.25, 0.3) is 10.0 Å². The smallest absolute Gasteiger partial charge is 0.495 e. The molecule has 2 aromatic carbocycles. The maximum Gasteiger partial charge on any atom is 0.573 e. The van der Waals surface area contributed by atoms with Crippen LogP contribution in [0.3, 0.4) is 0 Å². The van der Waals surface area contributed by atoms with Crippen molar-refractivity contribution in [2.75, 3.05) is 17.1 Å². The van der Waals surface area contributed by atoms with Gasteiger partial charge in [0.05, 0.1) is 12.8 Å². The quantitative estimate of drug-likeness (QED) is 0.695. The number of alkyl halides is 3. The fourth-order valence-corrected chi connectivity index (χ4v) is 3.48. The summed E-state index contributed by atoms with van der Waals surface area (Å²) in [6.45, 7) is 1.17. The second kappa shape index (κ2) is 7.92. The van der Waals surface area contributed by atoms with Crippen molar-refractivity contribution in [1.82, 2.24) is 0 Å². The van der Waals surface area contributed by atoms with Crippen molar-refractivity contribution in [1.29, 1.82) is 0 Å². The molecule has 1 amide bonds. The number of halogens is 4. The Morgan fingerprint density at radius 3 is 2.36 bits per heavy atom. The largest absolute Gasteiger partial charge is 0.573 e. The fourth-order valence-electron chi connectivity index (χ4n) is 2.22. The lowest BCUT2D eigenvalue weighted by atomic mass is 10.3. The molecule has 0 saturated heterocycles. The number of sulfonamides is 1. The molecular weight excluding hydrogens is 408 g/mol. The summed E-state index contributed by atoms with van der Waals surface area (Å²) in [6, 6.07) is 5.86. The van der Waals surface area contributed by atoms with Gasteiger partial charge in [-0.2, -0.15) is 0 Å². The first-order chi connectivity index (χ1) is 12.9. The molecule has 0 radical (unpaired) electrons. The molecule has 28 heavy (non-hydrogen) atoms. The molecule has 0 aliphatic carbocycles. The Bertz CT molecular complexity index is 993. The van der Waals surface area contributed by atoms with Crippen LogP contribution in [0.1, 0.15) is 6.92 Å². The van der Waals surface area contributed by atoms with Crippen LogP contribution in [0.4, 0.5) is 28.9 Å². The number of hydrogen-bond donors (Lipinski definition) is 2. The summed E-state index contributed by atoms with van der Waals surface area (Å²) in [5.41, 5.74) is -0.337. The highest BCUT2D eigenvalue weighted by molar-refractivity contribution is 7.92. The Morgan fingerprint density at radius 1 is 1.11 bits per heavy atom. The van der Waals surface area contributed by atoms with Gasteiger partial charge in [0.1, 0.15) is 17.3 Å². The van der Waals surface area contributed by atoms with Crippen molar-refractivity contribution in [2.45, 2.75) is 18.2 Å². The van der Waals surface area contributed by atoms with Crippen molar-refractivity contribution in [3.63, 3.8) is 0 Å². The minimum absolute atomic E-state index is 0.0404. The van der Waals surface area contributed by atoms with E-state index < -0.39 is 44.5 Å². The van der Waals surface area contributed by atoms with Gasteiger partial charge >= 0.3 is 6.36 Å². The van der Waals surface area contributed by atoms with Gasteiger partial charge in [-0.25, -0.2) is 12.8 Å². The normalized spacial score (nSPS) is 11.6. The average Bonchev–Trinajstić information content (AvgIpc) is 2.51.